The minimum Gasteiger partial charge on any atom is -0.497 e. The molecule has 0 fully saturated rings. The van der Waals surface area contributed by atoms with Gasteiger partial charge in [0.05, 0.1) is 7.11 Å². The molecule has 0 aliphatic heterocycles. The molecule has 0 saturated heterocycles. The number of nitrogens with one attached hydrogen (secondary N) is 1. The summed E-state index contributed by atoms with van der Waals surface area (Å²) < 4.78 is 5.17. The highest BCUT2D eigenvalue weighted by molar-refractivity contribution is 6.01. The lowest BCUT2D eigenvalue weighted by Gasteiger charge is -2.21. The Morgan fingerprint density at radius 3 is 2.28 bits per heavy atom. The van der Waals surface area contributed by atoms with E-state index in [1.807, 2.05) is 43.3 Å². The number of amides is 2. The maximum Gasteiger partial charge on any atom is 0.244 e. The van der Waals surface area contributed by atoms with Crippen LogP contribution in [0, 0.1) is 0 Å². The minimum absolute atomic E-state index is 0.0715. The largest absolute Gasteiger partial charge is 0.497 e. The van der Waals surface area contributed by atoms with Gasteiger partial charge in [0, 0.05) is 44.1 Å². The summed E-state index contributed by atoms with van der Waals surface area (Å²) in [6, 6.07) is 14.6. The van der Waals surface area contributed by atoms with Gasteiger partial charge < -0.3 is 19.9 Å². The highest BCUT2D eigenvalue weighted by atomic mass is 16.5. The zero-order chi connectivity index (χ0) is 18.4. The summed E-state index contributed by atoms with van der Waals surface area (Å²) in [5.41, 5.74) is 2.34. The fourth-order valence-electron chi connectivity index (χ4n) is 2.35. The van der Waals surface area contributed by atoms with Crippen molar-refractivity contribution in [1.82, 2.24) is 0 Å². The second-order valence-electron chi connectivity index (χ2n) is 5.80. The Labute approximate surface area is 148 Å². The molecule has 0 atom stereocenters. The second-order valence-corrected chi connectivity index (χ2v) is 5.80. The molecule has 0 saturated carbocycles. The lowest BCUT2D eigenvalue weighted by atomic mass is 10.2. The molecule has 132 valence electrons. The summed E-state index contributed by atoms with van der Waals surface area (Å²) in [5.74, 6) is 0.144. The monoisotopic (exact) mass is 341 g/mol. The third-order valence-electron chi connectivity index (χ3n) is 3.71. The van der Waals surface area contributed by atoms with Crippen LogP contribution in [0.15, 0.2) is 48.5 Å². The first-order chi connectivity index (χ1) is 11.9. The molecule has 0 heterocycles. The highest BCUT2D eigenvalue weighted by Gasteiger charge is 2.16. The number of carbonyl (C=O) groups excluding carboxylic acids is 2. The first kappa shape index (κ1) is 18.3. The lowest BCUT2D eigenvalue weighted by Crippen LogP contribution is -2.36. The van der Waals surface area contributed by atoms with Gasteiger partial charge in [-0.2, -0.15) is 0 Å². The number of anilines is 3. The number of nitrogens with zero attached hydrogens (tertiary/aromatic N) is 2. The Morgan fingerprint density at radius 2 is 1.72 bits per heavy atom. The van der Waals surface area contributed by atoms with E-state index >= 15 is 0 Å². The highest BCUT2D eigenvalue weighted by Crippen LogP contribution is 2.21. The van der Waals surface area contributed by atoms with E-state index < -0.39 is 0 Å². The fourth-order valence-corrected chi connectivity index (χ4v) is 2.35. The SMILES string of the molecule is COc1cccc(N(CC(=O)Nc2ccc(N(C)C)cc2)C(C)=O)c1. The summed E-state index contributed by atoms with van der Waals surface area (Å²) in [7, 11) is 5.46. The molecule has 0 unspecified atom stereocenters. The van der Waals surface area contributed by atoms with Crippen LogP contribution in [0.4, 0.5) is 17.1 Å². The molecule has 2 aromatic rings. The molecule has 0 aromatic heterocycles. The Morgan fingerprint density at radius 1 is 1.04 bits per heavy atom. The Kier molecular flexibility index (Phi) is 6.00. The van der Waals surface area contributed by atoms with E-state index in [9.17, 15) is 9.59 Å². The van der Waals surface area contributed by atoms with E-state index in [0.717, 1.165) is 5.69 Å². The van der Waals surface area contributed by atoms with Gasteiger partial charge in [0.2, 0.25) is 11.8 Å². The van der Waals surface area contributed by atoms with E-state index in [-0.39, 0.29) is 18.4 Å². The molecule has 25 heavy (non-hydrogen) atoms. The van der Waals surface area contributed by atoms with Crippen molar-refractivity contribution in [3.63, 3.8) is 0 Å². The Hall–Kier alpha value is -3.02. The van der Waals surface area contributed by atoms with Crippen LogP contribution in [0.1, 0.15) is 6.92 Å². The van der Waals surface area contributed by atoms with Crippen molar-refractivity contribution in [3.8, 4) is 5.75 Å². The summed E-state index contributed by atoms with van der Waals surface area (Å²) in [6.45, 7) is 1.36. The molecule has 2 amide bonds. The number of hydrogen-bond donors (Lipinski definition) is 1. The topological polar surface area (TPSA) is 61.9 Å². The third kappa shape index (κ3) is 4.97. The summed E-state index contributed by atoms with van der Waals surface area (Å²) in [5, 5.41) is 2.81. The van der Waals surface area contributed by atoms with Gasteiger partial charge in [-0.3, -0.25) is 9.59 Å². The van der Waals surface area contributed by atoms with Crippen LogP contribution in [0.2, 0.25) is 0 Å². The van der Waals surface area contributed by atoms with Gasteiger partial charge in [-0.25, -0.2) is 0 Å². The average Bonchev–Trinajstić information content (AvgIpc) is 2.60. The number of carbonyl (C=O) groups is 2. The van der Waals surface area contributed by atoms with Crippen molar-refractivity contribution in [2.75, 3.05) is 42.9 Å². The van der Waals surface area contributed by atoms with Crippen LogP contribution < -0.4 is 19.9 Å². The zero-order valence-corrected chi connectivity index (χ0v) is 14.9. The molecule has 1 N–H and O–H groups in total. The maximum atomic E-state index is 12.3. The Balaban J connectivity index is 2.08. The van der Waals surface area contributed by atoms with Gasteiger partial charge in [-0.05, 0) is 36.4 Å². The van der Waals surface area contributed by atoms with Crippen LogP contribution in [0.25, 0.3) is 0 Å². The quantitative estimate of drug-likeness (QED) is 0.878. The molecular formula is C19H23N3O3. The normalized spacial score (nSPS) is 10.1. The van der Waals surface area contributed by atoms with Crippen molar-refractivity contribution in [3.05, 3.63) is 48.5 Å². The fraction of sp³-hybridized carbons (Fsp3) is 0.263. The third-order valence-corrected chi connectivity index (χ3v) is 3.71. The number of hydrogen-bond acceptors (Lipinski definition) is 4. The van der Waals surface area contributed by atoms with Gasteiger partial charge >= 0.3 is 0 Å². The standard InChI is InChI=1S/C19H23N3O3/c1-14(23)22(17-6-5-7-18(12-17)25-4)13-19(24)20-15-8-10-16(11-9-15)21(2)3/h5-12H,13H2,1-4H3,(H,20,24). The smallest absolute Gasteiger partial charge is 0.244 e. The molecule has 0 aliphatic carbocycles. The van der Waals surface area contributed by atoms with Crippen molar-refractivity contribution in [2.24, 2.45) is 0 Å². The molecule has 0 radical (unpaired) electrons. The van der Waals surface area contributed by atoms with Crippen molar-refractivity contribution in [1.29, 1.82) is 0 Å². The molecule has 0 spiro atoms. The second kappa shape index (κ2) is 8.19. The minimum atomic E-state index is -0.268. The zero-order valence-electron chi connectivity index (χ0n) is 14.9. The van der Waals surface area contributed by atoms with E-state index in [2.05, 4.69) is 5.32 Å². The number of rotatable bonds is 6. The van der Waals surface area contributed by atoms with Crippen LogP contribution in [-0.2, 0) is 9.59 Å². The molecule has 0 aliphatic rings. The van der Waals surface area contributed by atoms with Crippen LogP contribution in [-0.4, -0.2) is 39.6 Å². The van der Waals surface area contributed by atoms with E-state index in [4.69, 9.17) is 4.74 Å². The number of ether oxygens (including phenoxy) is 1. The summed E-state index contributed by atoms with van der Waals surface area (Å²) >= 11 is 0. The van der Waals surface area contributed by atoms with Crippen molar-refractivity contribution >= 4 is 28.9 Å². The van der Waals surface area contributed by atoms with Crippen molar-refractivity contribution < 1.29 is 14.3 Å². The number of benzene rings is 2. The number of methoxy groups -OCH3 is 1. The van der Waals surface area contributed by atoms with Gasteiger partial charge in [0.15, 0.2) is 0 Å². The van der Waals surface area contributed by atoms with Crippen LogP contribution in [0.3, 0.4) is 0 Å². The molecule has 0 bridgehead atoms. The van der Waals surface area contributed by atoms with Gasteiger partial charge in [-0.15, -0.1) is 0 Å². The predicted molar refractivity (Wildman–Crippen MR) is 100 cm³/mol. The van der Waals surface area contributed by atoms with E-state index in [0.29, 0.717) is 17.1 Å². The average molecular weight is 341 g/mol. The van der Waals surface area contributed by atoms with Gasteiger partial charge in [0.25, 0.3) is 0 Å². The molecule has 2 aromatic carbocycles. The van der Waals surface area contributed by atoms with Gasteiger partial charge in [0.1, 0.15) is 12.3 Å². The maximum absolute atomic E-state index is 12.3. The molecular weight excluding hydrogens is 318 g/mol. The summed E-state index contributed by atoms with van der Waals surface area (Å²) in [4.78, 5) is 27.7. The lowest BCUT2D eigenvalue weighted by molar-refractivity contribution is -0.120. The van der Waals surface area contributed by atoms with Crippen molar-refractivity contribution in [2.45, 2.75) is 6.92 Å². The van der Waals surface area contributed by atoms with Crippen LogP contribution >= 0.6 is 0 Å². The molecule has 6 heteroatoms. The molecule has 2 rings (SSSR count). The first-order valence-electron chi connectivity index (χ1n) is 7.90. The van der Waals surface area contributed by atoms with E-state index in [1.54, 1.807) is 31.4 Å². The van der Waals surface area contributed by atoms with E-state index in [1.165, 1.54) is 11.8 Å². The predicted octanol–water partition coefficient (Wildman–Crippen LogP) is 2.75. The molecule has 6 nitrogen and oxygen atoms in total. The summed E-state index contributed by atoms with van der Waals surface area (Å²) in [6.07, 6.45) is 0. The van der Waals surface area contributed by atoms with Crippen LogP contribution in [0.5, 0.6) is 5.75 Å². The Bertz CT molecular complexity index is 742. The van der Waals surface area contributed by atoms with Gasteiger partial charge in [-0.1, -0.05) is 6.07 Å². The first-order valence-corrected chi connectivity index (χ1v) is 7.90.